The normalized spacial score (nSPS) is 9.82. The maximum atomic E-state index is 10.4. The van der Waals surface area contributed by atoms with Gasteiger partial charge in [0, 0.05) is 29.2 Å². The number of rotatable bonds is 3. The molecule has 2 rings (SSSR count). The number of hydrogen-bond donors (Lipinski definition) is 2. The van der Waals surface area contributed by atoms with Gasteiger partial charge in [0.05, 0.1) is 4.92 Å². The number of nitro benzene ring substituents is 1. The number of nitro groups is 1. The average Bonchev–Trinajstić information content (AvgIpc) is 2.60. The summed E-state index contributed by atoms with van der Waals surface area (Å²) < 4.78 is 0. The summed E-state index contributed by atoms with van der Waals surface area (Å²) in [5, 5.41) is 37.7. The Morgan fingerprint density at radius 3 is 1.21 bits per heavy atom. The Bertz CT molecular complexity index is 829. The van der Waals surface area contributed by atoms with Crippen molar-refractivity contribution in [3.8, 4) is 0 Å². The fourth-order valence-corrected chi connectivity index (χ4v) is 2.56. The third-order valence-corrected chi connectivity index (χ3v) is 3.46. The minimum absolute atomic E-state index is 0. The van der Waals surface area contributed by atoms with Crippen molar-refractivity contribution in [1.82, 2.24) is 0 Å². The van der Waals surface area contributed by atoms with Gasteiger partial charge in [0.2, 0.25) is 0 Å². The average molecular weight is 531 g/mol. The molecule has 0 heterocycles. The summed E-state index contributed by atoms with van der Waals surface area (Å²) in [4.78, 5) is 26.8. The van der Waals surface area contributed by atoms with Crippen molar-refractivity contribution in [3.63, 3.8) is 0 Å². The van der Waals surface area contributed by atoms with Crippen LogP contribution in [0.1, 0.15) is 52.7 Å². The number of non-ortho nitro benzene ring substituents is 1. The van der Waals surface area contributed by atoms with E-state index < -0.39 is 10.2 Å². The maximum Gasteiger partial charge on any atom is 0.291 e. The molecule has 0 spiro atoms. The van der Waals surface area contributed by atoms with E-state index >= 15 is 0 Å². The second kappa shape index (κ2) is 17.3. The third-order valence-electron chi connectivity index (χ3n) is 3.46. The van der Waals surface area contributed by atoms with Crippen LogP contribution in [0.5, 0.6) is 0 Å². The first-order chi connectivity index (χ1) is 14.9. The molecule has 0 aromatic heterocycles. The molecular formula is C22H33CuN3O8. The topological polar surface area (TPSA) is 170 Å². The molecular weight excluding hydrogens is 498 g/mol. The molecule has 2 aromatic rings. The Kier molecular flexibility index (Phi) is 17.9. The molecule has 0 saturated carbocycles. The van der Waals surface area contributed by atoms with Crippen LogP contribution < -0.4 is 0 Å². The molecule has 0 aliphatic carbocycles. The summed E-state index contributed by atoms with van der Waals surface area (Å²) >= 11 is 0. The van der Waals surface area contributed by atoms with E-state index in [1.807, 2.05) is 12.1 Å². The Balaban J connectivity index is -0.000000427. The van der Waals surface area contributed by atoms with E-state index in [1.54, 1.807) is 12.1 Å². The van der Waals surface area contributed by atoms with Gasteiger partial charge in [-0.15, -0.1) is 20.2 Å². The van der Waals surface area contributed by atoms with Crippen molar-refractivity contribution >= 4 is 5.69 Å². The molecule has 0 unspecified atom stereocenters. The Morgan fingerprint density at radius 1 is 0.647 bits per heavy atom. The molecule has 0 saturated heterocycles. The first-order valence-electron chi connectivity index (χ1n) is 9.87. The Labute approximate surface area is 209 Å². The quantitative estimate of drug-likeness (QED) is 0.286. The summed E-state index contributed by atoms with van der Waals surface area (Å²) in [5.74, 6) is 0. The Morgan fingerprint density at radius 2 is 0.941 bits per heavy atom. The zero-order valence-electron chi connectivity index (χ0n) is 20.1. The van der Waals surface area contributed by atoms with E-state index in [0.717, 1.165) is 18.4 Å². The van der Waals surface area contributed by atoms with Gasteiger partial charge in [-0.1, -0.05) is 84.0 Å². The second-order valence-electron chi connectivity index (χ2n) is 9.36. The standard InChI is InChI=1S/C11H15NO2.C11H16.Cu.2HNO3/c1-11(2,3)8-9-4-6-10(7-5-9)12(13)14;1-11(2,3)9-10-7-5-4-6-8-10;;2*2-1(3)4/h4-7H,8H2,1-3H3;4-8H,9H2,1-3H3;;2*(H,2,3,4). The summed E-state index contributed by atoms with van der Waals surface area (Å²) in [7, 11) is 0. The zero-order valence-corrected chi connectivity index (χ0v) is 21.0. The van der Waals surface area contributed by atoms with Crippen LogP contribution in [0.25, 0.3) is 0 Å². The Hall–Kier alpha value is -3.24. The molecule has 2 aromatic carbocycles. The monoisotopic (exact) mass is 530 g/mol. The molecule has 195 valence electrons. The predicted octanol–water partition coefficient (Wildman–Crippen LogP) is 5.76. The van der Waals surface area contributed by atoms with Gasteiger partial charge in [0.25, 0.3) is 15.9 Å². The summed E-state index contributed by atoms with van der Waals surface area (Å²) in [6, 6.07) is 17.4. The fourth-order valence-electron chi connectivity index (χ4n) is 2.56. The molecule has 2 N–H and O–H groups in total. The smallest absolute Gasteiger partial charge is 0.291 e. The molecule has 0 atom stereocenters. The largest absolute Gasteiger partial charge is 0.328 e. The van der Waals surface area contributed by atoms with Gasteiger partial charge >= 0.3 is 0 Å². The molecule has 34 heavy (non-hydrogen) atoms. The second-order valence-corrected chi connectivity index (χ2v) is 9.36. The van der Waals surface area contributed by atoms with Crippen molar-refractivity contribution in [1.29, 1.82) is 0 Å². The van der Waals surface area contributed by atoms with E-state index in [9.17, 15) is 10.1 Å². The number of benzene rings is 2. The maximum absolute atomic E-state index is 10.4. The number of hydrogen-bond acceptors (Lipinski definition) is 6. The van der Waals surface area contributed by atoms with Crippen LogP contribution in [-0.4, -0.2) is 25.5 Å². The van der Waals surface area contributed by atoms with Crippen LogP contribution >= 0.6 is 0 Å². The van der Waals surface area contributed by atoms with Crippen LogP contribution in [0, 0.1) is 41.2 Å². The third kappa shape index (κ3) is 26.8. The van der Waals surface area contributed by atoms with Crippen molar-refractivity contribution in [2.45, 2.75) is 54.4 Å². The van der Waals surface area contributed by atoms with E-state index in [-0.39, 0.29) is 33.1 Å². The summed E-state index contributed by atoms with van der Waals surface area (Å²) in [5.41, 5.74) is 3.35. The SMILES string of the molecule is CC(C)(C)Cc1ccc([N+](=O)[O-])cc1.CC(C)(C)Cc1ccccc1.O=[N+]([O-])O.O=[N+]([O-])O.[Cu]. The van der Waals surface area contributed by atoms with Crippen molar-refractivity contribution < 1.29 is 42.6 Å². The van der Waals surface area contributed by atoms with Gasteiger partial charge in [0.15, 0.2) is 0 Å². The molecule has 1 radical (unpaired) electrons. The minimum atomic E-state index is -1.50. The van der Waals surface area contributed by atoms with Gasteiger partial charge in [-0.3, -0.25) is 10.1 Å². The van der Waals surface area contributed by atoms with E-state index in [2.05, 4.69) is 71.9 Å². The first-order valence-corrected chi connectivity index (χ1v) is 9.87. The molecule has 11 nitrogen and oxygen atoms in total. The van der Waals surface area contributed by atoms with Gasteiger partial charge in [-0.05, 0) is 34.8 Å². The van der Waals surface area contributed by atoms with E-state index in [1.165, 1.54) is 5.56 Å². The van der Waals surface area contributed by atoms with Crippen molar-refractivity contribution in [3.05, 3.63) is 96.1 Å². The number of nitrogens with zero attached hydrogens (tertiary/aromatic N) is 3. The molecule has 12 heteroatoms. The van der Waals surface area contributed by atoms with Crippen LogP contribution in [-0.2, 0) is 29.9 Å². The predicted molar refractivity (Wildman–Crippen MR) is 123 cm³/mol. The van der Waals surface area contributed by atoms with Crippen molar-refractivity contribution in [2.75, 3.05) is 0 Å². The van der Waals surface area contributed by atoms with Crippen LogP contribution in [0.4, 0.5) is 5.69 Å². The van der Waals surface area contributed by atoms with Crippen LogP contribution in [0.2, 0.25) is 0 Å². The molecule has 0 bridgehead atoms. The minimum Gasteiger partial charge on any atom is -0.328 e. The van der Waals surface area contributed by atoms with Crippen LogP contribution in [0.3, 0.4) is 0 Å². The van der Waals surface area contributed by atoms with E-state index in [0.29, 0.717) is 5.41 Å². The van der Waals surface area contributed by atoms with Crippen LogP contribution in [0.15, 0.2) is 54.6 Å². The van der Waals surface area contributed by atoms with Crippen molar-refractivity contribution in [2.24, 2.45) is 10.8 Å². The molecule has 0 amide bonds. The van der Waals surface area contributed by atoms with Gasteiger partial charge in [0.1, 0.15) is 0 Å². The molecule has 0 aliphatic rings. The zero-order chi connectivity index (χ0) is 26.2. The van der Waals surface area contributed by atoms with Gasteiger partial charge < -0.3 is 10.4 Å². The van der Waals surface area contributed by atoms with Gasteiger partial charge in [-0.25, -0.2) is 0 Å². The summed E-state index contributed by atoms with van der Waals surface area (Å²) in [6.45, 7) is 13.2. The molecule has 0 fully saturated rings. The van der Waals surface area contributed by atoms with Gasteiger partial charge in [-0.2, -0.15) is 0 Å². The fraction of sp³-hybridized carbons (Fsp3) is 0.455. The summed E-state index contributed by atoms with van der Waals surface area (Å²) in [6.07, 6.45) is 2.10. The first kappa shape index (κ1) is 35.4. The van der Waals surface area contributed by atoms with E-state index in [4.69, 9.17) is 30.6 Å². The molecule has 0 aliphatic heterocycles.